The molecule has 3 fully saturated rings. The maximum atomic E-state index is 14.8. The Morgan fingerprint density at radius 1 is 0.946 bits per heavy atom. The Bertz CT molecular complexity index is 1180. The van der Waals surface area contributed by atoms with Crippen molar-refractivity contribution >= 4 is 17.6 Å². The summed E-state index contributed by atoms with van der Waals surface area (Å²) in [4.78, 5) is 41.1. The minimum absolute atomic E-state index is 0.0272. The predicted molar refractivity (Wildman–Crippen MR) is 144 cm³/mol. The molecule has 7 rings (SSSR count). The summed E-state index contributed by atoms with van der Waals surface area (Å²) in [5.74, 6) is 0.313. The van der Waals surface area contributed by atoms with E-state index in [1.54, 1.807) is 0 Å². The molecule has 2 amide bonds. The first-order valence-electron chi connectivity index (χ1n) is 14.6. The van der Waals surface area contributed by atoms with Gasteiger partial charge in [-0.2, -0.15) is 0 Å². The Morgan fingerprint density at radius 2 is 1.59 bits per heavy atom. The van der Waals surface area contributed by atoms with Gasteiger partial charge in [0.1, 0.15) is 11.7 Å². The van der Waals surface area contributed by atoms with Gasteiger partial charge in [-0.15, -0.1) is 0 Å². The monoisotopic (exact) mass is 501 g/mol. The molecule has 1 aromatic carbocycles. The van der Waals surface area contributed by atoms with E-state index >= 15 is 0 Å². The molecular formula is C33H43NO3. The molecule has 198 valence electrons. The van der Waals surface area contributed by atoms with Gasteiger partial charge in [0, 0.05) is 5.92 Å². The van der Waals surface area contributed by atoms with Crippen LogP contribution < -0.4 is 5.32 Å². The van der Waals surface area contributed by atoms with Crippen LogP contribution in [0.25, 0.3) is 0 Å². The van der Waals surface area contributed by atoms with Crippen molar-refractivity contribution in [2.45, 2.75) is 73.6 Å². The molecule has 2 bridgehead atoms. The third-order valence-electron chi connectivity index (χ3n) is 11.7. The third kappa shape index (κ3) is 3.49. The zero-order valence-corrected chi connectivity index (χ0v) is 23.3. The van der Waals surface area contributed by atoms with Crippen LogP contribution in [-0.4, -0.2) is 17.6 Å². The number of fused-ring (bicyclic) bond motifs is 4. The lowest BCUT2D eigenvalue weighted by molar-refractivity contribution is -0.141. The van der Waals surface area contributed by atoms with E-state index in [0.717, 1.165) is 18.4 Å². The first-order valence-corrected chi connectivity index (χ1v) is 14.6. The number of ketones is 1. The van der Waals surface area contributed by atoms with Gasteiger partial charge < -0.3 is 0 Å². The number of Topliss-reactive ketones (excluding diaryl/α,β-unsaturated/α-hetero) is 1. The number of hydrogen-bond acceptors (Lipinski definition) is 3. The van der Waals surface area contributed by atoms with E-state index < -0.39 is 11.8 Å². The van der Waals surface area contributed by atoms with Crippen LogP contribution in [0.5, 0.6) is 0 Å². The third-order valence-corrected chi connectivity index (χ3v) is 11.7. The van der Waals surface area contributed by atoms with Crippen LogP contribution in [0.3, 0.4) is 0 Å². The van der Waals surface area contributed by atoms with Crippen molar-refractivity contribution < 1.29 is 14.4 Å². The smallest absolute Gasteiger partial charge is 0.237 e. The fraction of sp³-hybridized carbons (Fsp3) is 0.667. The van der Waals surface area contributed by atoms with E-state index in [4.69, 9.17) is 0 Å². The molecule has 2 saturated carbocycles. The van der Waals surface area contributed by atoms with Crippen LogP contribution in [-0.2, 0) is 27.2 Å². The predicted octanol–water partition coefficient (Wildman–Crippen LogP) is 5.79. The highest BCUT2D eigenvalue weighted by Gasteiger charge is 2.67. The largest absolute Gasteiger partial charge is 0.298 e. The highest BCUT2D eigenvalue weighted by molar-refractivity contribution is 6.16. The quantitative estimate of drug-likeness (QED) is 0.301. The molecule has 11 atom stereocenters. The number of benzene rings is 1. The first kappa shape index (κ1) is 25.1. The molecule has 4 unspecified atom stereocenters. The average Bonchev–Trinajstić information content (AvgIpc) is 3.23. The molecule has 0 radical (unpaired) electrons. The summed E-state index contributed by atoms with van der Waals surface area (Å²) in [6, 6.07) is 8.71. The maximum absolute atomic E-state index is 14.8. The van der Waals surface area contributed by atoms with E-state index in [2.05, 4.69) is 77.2 Å². The van der Waals surface area contributed by atoms with Crippen LogP contribution in [0.1, 0.15) is 71.9 Å². The number of allylic oxidation sites excluding steroid dienone is 2. The summed E-state index contributed by atoms with van der Waals surface area (Å²) in [5, 5.41) is 2.55. The fourth-order valence-corrected chi connectivity index (χ4v) is 10.8. The van der Waals surface area contributed by atoms with Crippen molar-refractivity contribution in [2.24, 2.45) is 64.1 Å². The van der Waals surface area contributed by atoms with Gasteiger partial charge in [-0.05, 0) is 96.5 Å². The van der Waals surface area contributed by atoms with Crippen molar-refractivity contribution in [3.8, 4) is 0 Å². The second-order valence-corrected chi connectivity index (χ2v) is 14.1. The molecule has 1 saturated heterocycles. The zero-order valence-electron chi connectivity index (χ0n) is 23.3. The molecule has 6 aliphatic rings. The summed E-state index contributed by atoms with van der Waals surface area (Å²) < 4.78 is 0. The minimum Gasteiger partial charge on any atom is -0.298 e. The molecular weight excluding hydrogens is 458 g/mol. The Kier molecular flexibility index (Phi) is 5.68. The fourth-order valence-electron chi connectivity index (χ4n) is 10.8. The zero-order chi connectivity index (χ0) is 26.4. The summed E-state index contributed by atoms with van der Waals surface area (Å²) >= 11 is 0. The van der Waals surface area contributed by atoms with Crippen LogP contribution in [0.2, 0.25) is 0 Å². The van der Waals surface area contributed by atoms with Crippen molar-refractivity contribution in [3.05, 3.63) is 47.0 Å². The van der Waals surface area contributed by atoms with Gasteiger partial charge in [0.05, 0.1) is 5.92 Å². The summed E-state index contributed by atoms with van der Waals surface area (Å²) in [6.07, 6.45) is 7.11. The van der Waals surface area contributed by atoms with Gasteiger partial charge in [0.25, 0.3) is 0 Å². The second kappa shape index (κ2) is 8.38. The maximum Gasteiger partial charge on any atom is 0.237 e. The second-order valence-electron chi connectivity index (χ2n) is 14.1. The molecule has 0 aromatic heterocycles. The lowest BCUT2D eigenvalue weighted by Crippen LogP contribution is -2.50. The molecule has 4 nitrogen and oxygen atoms in total. The van der Waals surface area contributed by atoms with Crippen molar-refractivity contribution in [1.82, 2.24) is 5.32 Å². The van der Waals surface area contributed by atoms with E-state index in [9.17, 15) is 14.4 Å². The molecule has 5 aliphatic carbocycles. The van der Waals surface area contributed by atoms with Crippen LogP contribution in [0, 0.1) is 64.1 Å². The van der Waals surface area contributed by atoms with Gasteiger partial charge in [-0.1, -0.05) is 70.5 Å². The van der Waals surface area contributed by atoms with Gasteiger partial charge in [-0.3, -0.25) is 19.7 Å². The Balaban J connectivity index is 1.60. The minimum atomic E-state index is -0.887. The summed E-state index contributed by atoms with van der Waals surface area (Å²) in [7, 11) is 0. The summed E-state index contributed by atoms with van der Waals surface area (Å²) in [5.41, 5.74) is 3.63. The number of hydrogen-bond donors (Lipinski definition) is 1. The highest BCUT2D eigenvalue weighted by Crippen LogP contribution is 2.70. The number of carbonyl (C=O) groups excluding carboxylic acids is 3. The number of nitrogens with one attached hydrogen (secondary N) is 1. The van der Waals surface area contributed by atoms with E-state index in [-0.39, 0.29) is 40.3 Å². The van der Waals surface area contributed by atoms with Crippen molar-refractivity contribution in [2.75, 3.05) is 0 Å². The number of rotatable bonds is 1. The van der Waals surface area contributed by atoms with Crippen LogP contribution >= 0.6 is 0 Å². The molecule has 1 aliphatic heterocycles. The van der Waals surface area contributed by atoms with Crippen LogP contribution in [0.15, 0.2) is 35.9 Å². The number of carbonyl (C=O) groups is 3. The van der Waals surface area contributed by atoms with E-state index in [1.807, 2.05) is 0 Å². The normalized spacial score (nSPS) is 46.8. The molecule has 1 aromatic rings. The molecule has 1 N–H and O–H groups in total. The first-order chi connectivity index (χ1) is 17.5. The molecule has 0 spiro atoms. The summed E-state index contributed by atoms with van der Waals surface area (Å²) in [6.45, 7) is 14.1. The van der Waals surface area contributed by atoms with Gasteiger partial charge in [-0.25, -0.2) is 0 Å². The Hall–Kier alpha value is -2.23. The Labute approximate surface area is 222 Å². The van der Waals surface area contributed by atoms with Crippen molar-refractivity contribution in [3.63, 3.8) is 0 Å². The van der Waals surface area contributed by atoms with Gasteiger partial charge in [0.2, 0.25) is 11.8 Å². The topological polar surface area (TPSA) is 63.2 Å². The standard InChI is InChI=1S/C33H43NO3/c1-7-32(5)16-19(4)27-24-22(26-18(3)12-17(2)15-33(26,27)6)13-20-8-10-21(11-9-20)14-23-25(29(35)28(24)32)31(37)34-30(23)36/h8-11,16-18,22-28H,7,12-15H2,1-6H3,(H,34,36,37)/t17-,18+,22+,23?,24?,25-,26?,27?,28+,32+,33-/m1/s1. The SMILES string of the molecule is CC[C@@]1(C)C=C(C)C2C3[C@H](Cc4ccc(cc4)CC4C(=O)NC(=O)[C@H]4C(=O)[C@H]31)C1[C@@H](C)C[C@@H](C)C[C@@]21C. The van der Waals surface area contributed by atoms with Gasteiger partial charge >= 0.3 is 0 Å². The lowest BCUT2D eigenvalue weighted by Gasteiger charge is -2.51. The Morgan fingerprint density at radius 3 is 2.24 bits per heavy atom. The average molecular weight is 502 g/mol. The van der Waals surface area contributed by atoms with Crippen LogP contribution in [0.4, 0.5) is 0 Å². The van der Waals surface area contributed by atoms with E-state index in [1.165, 1.54) is 24.0 Å². The molecule has 37 heavy (non-hydrogen) atoms. The van der Waals surface area contributed by atoms with Gasteiger partial charge in [0.15, 0.2) is 0 Å². The highest BCUT2D eigenvalue weighted by atomic mass is 16.2. The van der Waals surface area contributed by atoms with Crippen molar-refractivity contribution in [1.29, 1.82) is 0 Å². The number of imide groups is 1. The number of amides is 2. The lowest BCUT2D eigenvalue weighted by atomic mass is 9.52. The van der Waals surface area contributed by atoms with E-state index in [0.29, 0.717) is 36.0 Å². The molecule has 4 heteroatoms. The molecule has 1 heterocycles.